The standard InChI is InChI=1S/C44H30N2/c1-27-15-20-35-37(23-27)41(39-26-33-12-7-6-11-32(33)25-36(39)29-9-4-3-5-10-29)34-19-14-28(2)24-38(34)42(35)40-21-18-31-17-16-30-13-8-22-45-43(30)44(31)46-40/h3-26H,1-2H3. The lowest BCUT2D eigenvalue weighted by Crippen LogP contribution is -1.96. The molecule has 7 aromatic carbocycles. The Bertz CT molecular complexity index is 2650. The van der Waals surface area contributed by atoms with Gasteiger partial charge in [0.1, 0.15) is 0 Å². The Kier molecular flexibility index (Phi) is 5.97. The van der Waals surface area contributed by atoms with E-state index in [0.29, 0.717) is 0 Å². The summed E-state index contributed by atoms with van der Waals surface area (Å²) >= 11 is 0. The molecule has 0 saturated heterocycles. The van der Waals surface area contributed by atoms with Crippen molar-refractivity contribution in [3.63, 3.8) is 0 Å². The summed E-state index contributed by atoms with van der Waals surface area (Å²) in [5, 5.41) is 9.53. The summed E-state index contributed by atoms with van der Waals surface area (Å²) in [7, 11) is 0. The summed E-state index contributed by atoms with van der Waals surface area (Å²) in [5.74, 6) is 0. The van der Waals surface area contributed by atoms with E-state index in [0.717, 1.165) is 33.1 Å². The summed E-state index contributed by atoms with van der Waals surface area (Å²) in [4.78, 5) is 10.1. The second kappa shape index (κ2) is 10.4. The van der Waals surface area contributed by atoms with Crippen LogP contribution in [-0.2, 0) is 0 Å². The van der Waals surface area contributed by atoms with Crippen molar-refractivity contribution in [1.29, 1.82) is 0 Å². The van der Waals surface area contributed by atoms with E-state index in [4.69, 9.17) is 9.97 Å². The molecule has 0 aliphatic heterocycles. The summed E-state index contributed by atoms with van der Waals surface area (Å²) < 4.78 is 0. The topological polar surface area (TPSA) is 25.8 Å². The first-order valence-corrected chi connectivity index (χ1v) is 15.8. The van der Waals surface area contributed by atoms with Crippen LogP contribution in [0.25, 0.3) is 87.6 Å². The maximum Gasteiger partial charge on any atom is 0.0972 e. The molecule has 2 aromatic heterocycles. The molecule has 0 unspecified atom stereocenters. The number of rotatable bonds is 3. The summed E-state index contributed by atoms with van der Waals surface area (Å²) in [6.07, 6.45) is 1.86. The van der Waals surface area contributed by atoms with Crippen molar-refractivity contribution in [2.24, 2.45) is 0 Å². The van der Waals surface area contributed by atoms with Gasteiger partial charge in [-0.1, -0.05) is 126 Å². The van der Waals surface area contributed by atoms with Crippen LogP contribution in [0.2, 0.25) is 0 Å². The minimum absolute atomic E-state index is 0.932. The van der Waals surface area contributed by atoms with E-state index in [9.17, 15) is 0 Å². The average Bonchev–Trinajstić information content (AvgIpc) is 3.10. The van der Waals surface area contributed by atoms with Crippen molar-refractivity contribution >= 4 is 54.1 Å². The van der Waals surface area contributed by atoms with E-state index in [-0.39, 0.29) is 0 Å². The monoisotopic (exact) mass is 586 g/mol. The van der Waals surface area contributed by atoms with E-state index in [1.165, 1.54) is 65.7 Å². The third-order valence-corrected chi connectivity index (χ3v) is 9.36. The van der Waals surface area contributed by atoms with Crippen LogP contribution in [-0.4, -0.2) is 9.97 Å². The molecule has 0 N–H and O–H groups in total. The Morgan fingerprint density at radius 2 is 1.00 bits per heavy atom. The van der Waals surface area contributed by atoms with Crippen LogP contribution in [0.4, 0.5) is 0 Å². The van der Waals surface area contributed by atoms with Crippen LogP contribution >= 0.6 is 0 Å². The van der Waals surface area contributed by atoms with Gasteiger partial charge in [-0.25, -0.2) is 4.98 Å². The van der Waals surface area contributed by atoms with Crippen LogP contribution in [0.3, 0.4) is 0 Å². The van der Waals surface area contributed by atoms with Crippen molar-refractivity contribution in [3.8, 4) is 33.5 Å². The van der Waals surface area contributed by atoms with Gasteiger partial charge in [0, 0.05) is 22.5 Å². The first-order valence-electron chi connectivity index (χ1n) is 15.8. The van der Waals surface area contributed by atoms with E-state index in [2.05, 4.69) is 147 Å². The normalized spacial score (nSPS) is 11.7. The summed E-state index contributed by atoms with van der Waals surface area (Å²) in [6, 6.07) is 50.7. The van der Waals surface area contributed by atoms with Gasteiger partial charge in [0.25, 0.3) is 0 Å². The van der Waals surface area contributed by atoms with Gasteiger partial charge in [-0.2, -0.15) is 0 Å². The number of hydrogen-bond acceptors (Lipinski definition) is 2. The highest BCUT2D eigenvalue weighted by molar-refractivity contribution is 6.23. The first-order chi connectivity index (χ1) is 22.6. The lowest BCUT2D eigenvalue weighted by molar-refractivity contribution is 1.38. The number of nitrogens with zero attached hydrogens (tertiary/aromatic N) is 2. The van der Waals surface area contributed by atoms with Gasteiger partial charge in [0.2, 0.25) is 0 Å². The van der Waals surface area contributed by atoms with Gasteiger partial charge in [0.05, 0.1) is 16.7 Å². The van der Waals surface area contributed by atoms with Crippen LogP contribution in [0, 0.1) is 13.8 Å². The molecule has 216 valence electrons. The molecule has 2 heteroatoms. The van der Waals surface area contributed by atoms with Crippen LogP contribution in [0.15, 0.2) is 146 Å². The number of fused-ring (bicyclic) bond motifs is 6. The highest BCUT2D eigenvalue weighted by atomic mass is 14.8. The van der Waals surface area contributed by atoms with Crippen molar-refractivity contribution in [2.75, 3.05) is 0 Å². The Morgan fingerprint density at radius 3 is 1.74 bits per heavy atom. The van der Waals surface area contributed by atoms with Gasteiger partial charge in [0.15, 0.2) is 0 Å². The second-order valence-electron chi connectivity index (χ2n) is 12.4. The molecular formula is C44H30N2. The molecule has 0 aliphatic carbocycles. The number of hydrogen-bond donors (Lipinski definition) is 0. The zero-order valence-electron chi connectivity index (χ0n) is 25.8. The molecule has 0 aliphatic rings. The first kappa shape index (κ1) is 26.5. The zero-order chi connectivity index (χ0) is 30.8. The lowest BCUT2D eigenvalue weighted by Gasteiger charge is -2.21. The molecule has 0 amide bonds. The highest BCUT2D eigenvalue weighted by Gasteiger charge is 2.21. The molecule has 2 heterocycles. The highest BCUT2D eigenvalue weighted by Crippen LogP contribution is 2.47. The summed E-state index contributed by atoms with van der Waals surface area (Å²) in [5.41, 5.74) is 11.4. The van der Waals surface area contributed by atoms with Crippen molar-refractivity contribution in [2.45, 2.75) is 13.8 Å². The molecular weight excluding hydrogens is 556 g/mol. The molecule has 46 heavy (non-hydrogen) atoms. The number of benzene rings is 7. The molecule has 0 bridgehead atoms. The van der Waals surface area contributed by atoms with Crippen molar-refractivity contribution < 1.29 is 0 Å². The molecule has 0 radical (unpaired) electrons. The lowest BCUT2D eigenvalue weighted by atomic mass is 9.83. The van der Waals surface area contributed by atoms with Crippen LogP contribution < -0.4 is 0 Å². The minimum Gasteiger partial charge on any atom is -0.254 e. The van der Waals surface area contributed by atoms with E-state index in [1.807, 2.05) is 12.3 Å². The zero-order valence-corrected chi connectivity index (χ0v) is 25.8. The molecule has 0 spiro atoms. The van der Waals surface area contributed by atoms with Crippen LogP contribution in [0.5, 0.6) is 0 Å². The Morgan fingerprint density at radius 1 is 0.413 bits per heavy atom. The fourth-order valence-electron chi connectivity index (χ4n) is 7.19. The number of aromatic nitrogens is 2. The molecule has 2 nitrogen and oxygen atoms in total. The smallest absolute Gasteiger partial charge is 0.0972 e. The Balaban J connectivity index is 1.44. The molecule has 9 aromatic rings. The second-order valence-corrected chi connectivity index (χ2v) is 12.4. The van der Waals surface area contributed by atoms with E-state index in [1.54, 1.807) is 0 Å². The van der Waals surface area contributed by atoms with Gasteiger partial charge < -0.3 is 0 Å². The van der Waals surface area contributed by atoms with E-state index < -0.39 is 0 Å². The third kappa shape index (κ3) is 4.18. The molecule has 0 fully saturated rings. The van der Waals surface area contributed by atoms with Gasteiger partial charge in [-0.15, -0.1) is 0 Å². The van der Waals surface area contributed by atoms with Gasteiger partial charge in [-0.05, 0) is 92.7 Å². The SMILES string of the molecule is Cc1ccc2c(-c3cc4ccccc4cc3-c3ccccc3)c3cc(C)ccc3c(-c3ccc4ccc5cccnc5c4n3)c2c1. The summed E-state index contributed by atoms with van der Waals surface area (Å²) in [6.45, 7) is 4.37. The maximum atomic E-state index is 5.37. The predicted octanol–water partition coefficient (Wildman–Crippen LogP) is 11.9. The average molecular weight is 587 g/mol. The quantitative estimate of drug-likeness (QED) is 0.152. The third-order valence-electron chi connectivity index (χ3n) is 9.36. The predicted molar refractivity (Wildman–Crippen MR) is 195 cm³/mol. The van der Waals surface area contributed by atoms with Crippen molar-refractivity contribution in [1.82, 2.24) is 9.97 Å². The Labute approximate surface area is 267 Å². The van der Waals surface area contributed by atoms with E-state index >= 15 is 0 Å². The van der Waals surface area contributed by atoms with Crippen LogP contribution in [0.1, 0.15) is 11.1 Å². The molecule has 9 rings (SSSR count). The number of aryl methyl sites for hydroxylation is 2. The Hall–Kier alpha value is -5.86. The largest absolute Gasteiger partial charge is 0.254 e. The molecule has 0 atom stereocenters. The maximum absolute atomic E-state index is 5.37. The number of pyridine rings is 2. The van der Waals surface area contributed by atoms with Crippen molar-refractivity contribution in [3.05, 3.63) is 157 Å². The van der Waals surface area contributed by atoms with Gasteiger partial charge in [-0.3, -0.25) is 4.98 Å². The molecule has 0 saturated carbocycles. The minimum atomic E-state index is 0.932. The fourth-order valence-corrected chi connectivity index (χ4v) is 7.19. The fraction of sp³-hybridized carbons (Fsp3) is 0.0455. The van der Waals surface area contributed by atoms with Gasteiger partial charge >= 0.3 is 0 Å².